The van der Waals surface area contributed by atoms with Gasteiger partial charge in [0.05, 0.1) is 81.6 Å². The van der Waals surface area contributed by atoms with Gasteiger partial charge in [0.15, 0.2) is 5.43 Å². The van der Waals surface area contributed by atoms with E-state index in [2.05, 4.69) is 43.6 Å². The monoisotopic (exact) mass is 1010 g/mol. The van der Waals surface area contributed by atoms with Gasteiger partial charge in [0.25, 0.3) is 5.56 Å². The molecule has 4 heterocycles. The van der Waals surface area contributed by atoms with Crippen molar-refractivity contribution >= 4 is 63.2 Å². The van der Waals surface area contributed by atoms with Crippen LogP contribution in [-0.4, -0.2) is 133 Å². The molecule has 2 aromatic heterocycles. The third kappa shape index (κ3) is 16.5. The predicted octanol–water partition coefficient (Wildman–Crippen LogP) is 3.59. The third-order valence-electron chi connectivity index (χ3n) is 11.5. The summed E-state index contributed by atoms with van der Waals surface area (Å²) in [7, 11) is 0. The number of cyclic esters (lactones) is 1. The number of benzene rings is 1. The number of nitrogens with one attached hydrogen (secondary N) is 3. The van der Waals surface area contributed by atoms with Gasteiger partial charge < -0.3 is 54.2 Å². The fourth-order valence-corrected chi connectivity index (χ4v) is 7.62. The van der Waals surface area contributed by atoms with Crippen LogP contribution < -0.4 is 26.9 Å². The SMILES string of the molecule is CC.CCC.CCCN(CC(=O)NCC(=O)OC1C(=O)OCc2c1cc1n(c2=O)Cc2cc3cc4c(=O)c4cc3nc2-1)C(=O)[C@H](CC(=O)O)NC(=O)CCOCCOCCOCCNC(=O)CCC(C)CC. The molecule has 21 heteroatoms. The number of rotatable bonds is 27. The van der Waals surface area contributed by atoms with Crippen molar-refractivity contribution in [3.8, 4) is 11.4 Å². The molecule has 4 amide bonds. The third-order valence-corrected chi connectivity index (χ3v) is 11.5. The summed E-state index contributed by atoms with van der Waals surface area (Å²) in [6, 6.07) is 5.33. The molecule has 4 aromatic rings. The number of aromatic nitrogens is 2. The fraction of sp³-hybridized carbons (Fsp3) is 0.569. The first kappa shape index (κ1) is 58.0. The average molecular weight is 1010 g/mol. The van der Waals surface area contributed by atoms with Crippen molar-refractivity contribution in [2.24, 2.45) is 5.92 Å². The average Bonchev–Trinajstić information content (AvgIpc) is 3.83. The van der Waals surface area contributed by atoms with Crippen LogP contribution in [-0.2, 0) is 70.4 Å². The number of pyridine rings is 2. The van der Waals surface area contributed by atoms with Gasteiger partial charge >= 0.3 is 17.9 Å². The molecule has 0 saturated heterocycles. The molecule has 2 aromatic carbocycles. The van der Waals surface area contributed by atoms with E-state index in [0.717, 1.165) is 28.7 Å². The molecule has 6 rings (SSSR count). The maximum absolute atomic E-state index is 13.7. The molecule has 0 fully saturated rings. The minimum atomic E-state index is -1.64. The van der Waals surface area contributed by atoms with Crippen LogP contribution in [0.2, 0.25) is 0 Å². The van der Waals surface area contributed by atoms with E-state index >= 15 is 0 Å². The summed E-state index contributed by atoms with van der Waals surface area (Å²) >= 11 is 0. The number of aliphatic carboxylic acids is 1. The smallest absolute Gasteiger partial charge is 0.352 e. The quantitative estimate of drug-likeness (QED) is 0.0432. The first-order valence-corrected chi connectivity index (χ1v) is 24.8. The van der Waals surface area contributed by atoms with Gasteiger partial charge in [0, 0.05) is 53.2 Å². The maximum atomic E-state index is 13.7. The van der Waals surface area contributed by atoms with Gasteiger partial charge in [-0.3, -0.25) is 38.4 Å². The lowest BCUT2D eigenvalue weighted by molar-refractivity contribution is -0.171. The molecule has 0 aliphatic carbocycles. The highest BCUT2D eigenvalue weighted by atomic mass is 16.6. The summed E-state index contributed by atoms with van der Waals surface area (Å²) in [4.78, 5) is 120. The van der Waals surface area contributed by atoms with Crippen LogP contribution in [0.5, 0.6) is 0 Å². The summed E-state index contributed by atoms with van der Waals surface area (Å²) in [5.41, 5.74) is 1.84. The zero-order valence-electron chi connectivity index (χ0n) is 42.5. The lowest BCUT2D eigenvalue weighted by Gasteiger charge is -2.27. The molecule has 2 aliphatic heterocycles. The van der Waals surface area contributed by atoms with Crippen LogP contribution in [0, 0.1) is 5.92 Å². The van der Waals surface area contributed by atoms with E-state index in [9.17, 15) is 48.3 Å². The number of carbonyl (C=O) groups is 7. The number of hydrogen-bond donors (Lipinski definition) is 4. The Kier molecular flexibility index (Phi) is 23.4. The van der Waals surface area contributed by atoms with Gasteiger partial charge in [-0.15, -0.1) is 0 Å². The number of carboxylic acid groups (broad SMARTS) is 1. The summed E-state index contributed by atoms with van der Waals surface area (Å²) in [5, 5.41) is 19.0. The number of nitrogens with zero attached hydrogens (tertiary/aromatic N) is 3. The molecule has 0 bridgehead atoms. The lowest BCUT2D eigenvalue weighted by atomic mass is 10.00. The zero-order valence-corrected chi connectivity index (χ0v) is 42.5. The number of carbonyl (C=O) groups excluding carboxylic acids is 6. The minimum Gasteiger partial charge on any atom is -0.481 e. The van der Waals surface area contributed by atoms with Crippen LogP contribution in [0.15, 0.2) is 33.9 Å². The Morgan fingerprint density at radius 3 is 2.19 bits per heavy atom. The minimum absolute atomic E-state index is 0.00241. The van der Waals surface area contributed by atoms with Gasteiger partial charge in [-0.25, -0.2) is 9.78 Å². The van der Waals surface area contributed by atoms with Crippen LogP contribution in [0.25, 0.3) is 33.1 Å². The summed E-state index contributed by atoms with van der Waals surface area (Å²) in [6.45, 7) is 14.3. The lowest BCUT2D eigenvalue weighted by Crippen LogP contribution is -2.52. The number of fused-ring (bicyclic) bond motifs is 6. The molecular weight excluding hydrogens is 937 g/mol. The van der Waals surface area contributed by atoms with Crippen LogP contribution in [0.3, 0.4) is 0 Å². The Morgan fingerprint density at radius 2 is 1.53 bits per heavy atom. The largest absolute Gasteiger partial charge is 0.481 e. The first-order valence-electron chi connectivity index (χ1n) is 24.8. The molecular formula is C51H70N6O15. The Balaban J connectivity index is 0.00000217. The van der Waals surface area contributed by atoms with Crippen molar-refractivity contribution in [2.75, 3.05) is 65.8 Å². The maximum Gasteiger partial charge on any atom is 0.352 e. The molecule has 0 spiro atoms. The Bertz CT molecular complexity index is 2600. The summed E-state index contributed by atoms with van der Waals surface area (Å²) in [6.07, 6.45) is 1.36. The second-order valence-corrected chi connectivity index (χ2v) is 17.2. The highest BCUT2D eigenvalue weighted by Gasteiger charge is 2.38. The molecule has 72 heavy (non-hydrogen) atoms. The summed E-state index contributed by atoms with van der Waals surface area (Å²) in [5.74, 6) is -5.20. The van der Waals surface area contributed by atoms with Crippen molar-refractivity contribution in [3.05, 3.63) is 61.5 Å². The number of carboxylic acids is 1. The van der Waals surface area contributed by atoms with Crippen molar-refractivity contribution < 1.29 is 62.4 Å². The van der Waals surface area contributed by atoms with E-state index in [-0.39, 0.29) is 68.4 Å². The standard InChI is InChI=1S/C46H56N6O15.C3H8.C2H6/c1-4-10-51(45(61)34(21-39(56)57)49-37(54)8-11-63-13-15-65-16-14-64-12-9-47-36(53)7-6-26(3)5-2)24-38(55)48-22-40(58)67-43-31-20-35-41-28(23-52(35)44(60)32(31)25-66-46(43)62)17-27-18-29-30(42(29)59)19-33(27)50-41;1-3-2;1-2/h17-20,26,34,43H,4-16,21-25H2,1-3H3,(H,47,53)(H,48,55)(H,49,54)(H,56,57);3H2,1-2H3;1-2H3/t26?,34-,43?;;/m0../s1. The molecule has 0 radical (unpaired) electrons. The second kappa shape index (κ2) is 29.1. The molecule has 3 atom stereocenters. The van der Waals surface area contributed by atoms with E-state index in [1.807, 2.05) is 19.9 Å². The predicted molar refractivity (Wildman–Crippen MR) is 265 cm³/mol. The van der Waals surface area contributed by atoms with Gasteiger partial charge in [0.1, 0.15) is 19.2 Å². The normalized spacial score (nSPS) is 14.0. The van der Waals surface area contributed by atoms with Gasteiger partial charge in [-0.2, -0.15) is 0 Å². The molecule has 2 aliphatic rings. The summed E-state index contributed by atoms with van der Waals surface area (Å²) < 4.78 is 28.5. The van der Waals surface area contributed by atoms with E-state index in [0.29, 0.717) is 72.8 Å². The number of esters is 2. The molecule has 0 saturated carbocycles. The van der Waals surface area contributed by atoms with Crippen molar-refractivity contribution in [1.82, 2.24) is 30.4 Å². The Hall–Kier alpha value is -6.58. The second-order valence-electron chi connectivity index (χ2n) is 17.2. The number of hydrogen-bond acceptors (Lipinski definition) is 15. The number of amides is 4. The van der Waals surface area contributed by atoms with Crippen LogP contribution in [0.4, 0.5) is 0 Å². The van der Waals surface area contributed by atoms with Crippen LogP contribution >= 0.6 is 0 Å². The zero-order chi connectivity index (χ0) is 52.9. The van der Waals surface area contributed by atoms with Gasteiger partial charge in [-0.1, -0.05) is 61.3 Å². The molecule has 21 nitrogen and oxygen atoms in total. The fourth-order valence-electron chi connectivity index (χ4n) is 7.62. The van der Waals surface area contributed by atoms with Crippen molar-refractivity contribution in [1.29, 1.82) is 0 Å². The van der Waals surface area contributed by atoms with E-state index < -0.39 is 72.8 Å². The van der Waals surface area contributed by atoms with E-state index in [1.54, 1.807) is 25.1 Å². The highest BCUT2D eigenvalue weighted by molar-refractivity contribution is 6.06. The van der Waals surface area contributed by atoms with Gasteiger partial charge in [0.2, 0.25) is 29.7 Å². The molecule has 2 unspecified atom stereocenters. The van der Waals surface area contributed by atoms with Crippen molar-refractivity contribution in [3.63, 3.8) is 0 Å². The first-order chi connectivity index (χ1) is 34.6. The van der Waals surface area contributed by atoms with E-state index in [1.165, 1.54) is 11.0 Å². The molecule has 4 N–H and O–H groups in total. The van der Waals surface area contributed by atoms with Gasteiger partial charge in [-0.05, 0) is 43.0 Å². The van der Waals surface area contributed by atoms with Crippen LogP contribution in [0.1, 0.15) is 116 Å². The number of ether oxygens (including phenoxy) is 5. The van der Waals surface area contributed by atoms with Crippen molar-refractivity contribution in [2.45, 2.75) is 119 Å². The van der Waals surface area contributed by atoms with E-state index in [4.69, 9.17) is 28.7 Å². The Morgan fingerprint density at radius 1 is 0.861 bits per heavy atom. The molecule has 394 valence electrons. The highest BCUT2D eigenvalue weighted by Crippen LogP contribution is 2.37. The Labute approximate surface area is 418 Å². The topological polar surface area (TPSA) is 277 Å².